The average molecular weight is 355 g/mol. The zero-order valence-electron chi connectivity index (χ0n) is 15.0. The van der Waals surface area contributed by atoms with E-state index in [1.54, 1.807) is 0 Å². The van der Waals surface area contributed by atoms with Gasteiger partial charge in [-0.15, -0.1) is 12.4 Å². The van der Waals surface area contributed by atoms with Gasteiger partial charge in [-0.1, -0.05) is 51.1 Å². The first-order chi connectivity index (χ1) is 10.9. The number of hydrogen-bond donors (Lipinski definition) is 1. The molecule has 5 heteroatoms. The van der Waals surface area contributed by atoms with Crippen LogP contribution in [-0.2, 0) is 16.0 Å². The molecule has 24 heavy (non-hydrogen) atoms. The average Bonchev–Trinajstić information content (AvgIpc) is 2.54. The van der Waals surface area contributed by atoms with E-state index < -0.39 is 6.04 Å². The molecule has 2 rings (SSSR count). The number of ether oxygens (including phenoxy) is 1. The molecule has 0 bridgehead atoms. The zero-order chi connectivity index (χ0) is 16.9. The topological polar surface area (TPSA) is 55.6 Å². The monoisotopic (exact) mass is 354 g/mol. The fourth-order valence-corrected chi connectivity index (χ4v) is 2.80. The van der Waals surface area contributed by atoms with Crippen molar-refractivity contribution in [3.63, 3.8) is 0 Å². The van der Waals surface area contributed by atoms with Crippen LogP contribution in [0.1, 0.15) is 39.2 Å². The first-order valence-electron chi connectivity index (χ1n) is 8.58. The number of halogens is 1. The summed E-state index contributed by atoms with van der Waals surface area (Å²) in [4.78, 5) is 14.3. The van der Waals surface area contributed by atoms with Crippen LogP contribution in [0.4, 0.5) is 0 Å². The quantitative estimate of drug-likeness (QED) is 0.884. The smallest absolute Gasteiger partial charge is 0.240 e. The summed E-state index contributed by atoms with van der Waals surface area (Å²) in [6.45, 7) is 8.26. The van der Waals surface area contributed by atoms with Crippen LogP contribution >= 0.6 is 12.4 Å². The number of hydrogen-bond acceptors (Lipinski definition) is 3. The van der Waals surface area contributed by atoms with E-state index in [4.69, 9.17) is 10.5 Å². The van der Waals surface area contributed by atoms with E-state index in [1.165, 1.54) is 5.56 Å². The minimum absolute atomic E-state index is 0. The molecular formula is C19H31ClN2O2. The maximum absolute atomic E-state index is 12.4. The zero-order valence-corrected chi connectivity index (χ0v) is 15.8. The van der Waals surface area contributed by atoms with Gasteiger partial charge in [0.05, 0.1) is 18.8 Å². The highest BCUT2D eigenvalue weighted by Crippen LogP contribution is 2.21. The number of piperidine rings is 1. The van der Waals surface area contributed by atoms with Crippen molar-refractivity contribution in [3.05, 3.63) is 35.9 Å². The molecular weight excluding hydrogens is 324 g/mol. The highest BCUT2D eigenvalue weighted by Gasteiger charge is 2.33. The van der Waals surface area contributed by atoms with Crippen molar-refractivity contribution in [2.75, 3.05) is 19.7 Å². The Balaban J connectivity index is 0.00000288. The van der Waals surface area contributed by atoms with Crippen molar-refractivity contribution in [2.45, 2.75) is 52.2 Å². The number of likely N-dealkylation sites (tertiary alicyclic amines) is 1. The molecule has 1 aliphatic heterocycles. The maximum atomic E-state index is 12.4. The van der Waals surface area contributed by atoms with Crippen LogP contribution in [0.2, 0.25) is 0 Å². The summed E-state index contributed by atoms with van der Waals surface area (Å²) < 4.78 is 5.97. The van der Waals surface area contributed by atoms with E-state index in [0.717, 1.165) is 39.0 Å². The van der Waals surface area contributed by atoms with Gasteiger partial charge in [-0.05, 0) is 30.2 Å². The van der Waals surface area contributed by atoms with E-state index in [0.29, 0.717) is 0 Å². The highest BCUT2D eigenvalue weighted by atomic mass is 35.5. The predicted octanol–water partition coefficient (Wildman–Crippen LogP) is 3.03. The van der Waals surface area contributed by atoms with Crippen molar-refractivity contribution >= 4 is 18.3 Å². The summed E-state index contributed by atoms with van der Waals surface area (Å²) >= 11 is 0. The molecule has 1 atom stereocenters. The van der Waals surface area contributed by atoms with Crippen molar-refractivity contribution in [1.82, 2.24) is 4.90 Å². The van der Waals surface area contributed by atoms with Crippen LogP contribution in [0.15, 0.2) is 30.3 Å². The minimum Gasteiger partial charge on any atom is -0.378 e. The third-order valence-corrected chi connectivity index (χ3v) is 4.54. The second-order valence-electron chi connectivity index (χ2n) is 7.47. The first-order valence-corrected chi connectivity index (χ1v) is 8.58. The molecule has 0 aliphatic carbocycles. The standard InChI is InChI=1S/C19H30N2O2.ClH/c1-19(2,3)17(20)18(22)21-12-9-16(10-13-21)23-14-11-15-7-5-4-6-8-15;/h4-8,16-17H,9-14,20H2,1-3H3;1H/t17-;/m1./s1. The molecule has 0 aromatic heterocycles. The van der Waals surface area contributed by atoms with Gasteiger partial charge in [0.25, 0.3) is 0 Å². The minimum atomic E-state index is -0.432. The third-order valence-electron chi connectivity index (χ3n) is 4.54. The van der Waals surface area contributed by atoms with Crippen LogP contribution in [0.5, 0.6) is 0 Å². The molecule has 4 nitrogen and oxygen atoms in total. The first kappa shape index (κ1) is 20.9. The molecule has 1 saturated heterocycles. The van der Waals surface area contributed by atoms with Crippen LogP contribution in [0.25, 0.3) is 0 Å². The van der Waals surface area contributed by atoms with E-state index in [-0.39, 0.29) is 29.8 Å². The summed E-state index contributed by atoms with van der Waals surface area (Å²) in [6, 6.07) is 9.95. The number of amides is 1. The van der Waals surface area contributed by atoms with Crippen LogP contribution in [0, 0.1) is 5.41 Å². The van der Waals surface area contributed by atoms with Crippen LogP contribution in [0.3, 0.4) is 0 Å². The molecule has 0 spiro atoms. The van der Waals surface area contributed by atoms with E-state index in [2.05, 4.69) is 24.3 Å². The fourth-order valence-electron chi connectivity index (χ4n) is 2.80. The Kier molecular flexibility index (Phi) is 8.20. The number of carbonyl (C=O) groups excluding carboxylic acids is 1. The summed E-state index contributed by atoms with van der Waals surface area (Å²) in [7, 11) is 0. The lowest BCUT2D eigenvalue weighted by molar-refractivity contribution is -0.137. The number of carbonyl (C=O) groups is 1. The Labute approximate surface area is 152 Å². The maximum Gasteiger partial charge on any atom is 0.240 e. The van der Waals surface area contributed by atoms with Gasteiger partial charge in [-0.2, -0.15) is 0 Å². The summed E-state index contributed by atoms with van der Waals surface area (Å²) in [5.41, 5.74) is 7.19. The second kappa shape index (κ2) is 9.40. The van der Waals surface area contributed by atoms with Gasteiger partial charge in [-0.25, -0.2) is 0 Å². The Morgan fingerprint density at radius 2 is 1.83 bits per heavy atom. The Hall–Kier alpha value is -1.10. The number of rotatable bonds is 5. The number of nitrogens with zero attached hydrogens (tertiary/aromatic N) is 1. The lowest BCUT2D eigenvalue weighted by Gasteiger charge is -2.36. The number of nitrogens with two attached hydrogens (primary N) is 1. The van der Waals surface area contributed by atoms with Crippen LogP contribution in [-0.4, -0.2) is 42.6 Å². The molecule has 1 fully saturated rings. The molecule has 0 radical (unpaired) electrons. The molecule has 1 aromatic rings. The van der Waals surface area contributed by atoms with Gasteiger partial charge in [0, 0.05) is 13.1 Å². The van der Waals surface area contributed by atoms with Gasteiger partial charge in [0.15, 0.2) is 0 Å². The lowest BCUT2D eigenvalue weighted by Crippen LogP contribution is -2.53. The predicted molar refractivity (Wildman–Crippen MR) is 100 cm³/mol. The molecule has 0 saturated carbocycles. The van der Waals surface area contributed by atoms with Crippen molar-refractivity contribution < 1.29 is 9.53 Å². The van der Waals surface area contributed by atoms with Crippen molar-refractivity contribution in [1.29, 1.82) is 0 Å². The largest absolute Gasteiger partial charge is 0.378 e. The molecule has 136 valence electrons. The van der Waals surface area contributed by atoms with Crippen molar-refractivity contribution in [3.8, 4) is 0 Å². The van der Waals surface area contributed by atoms with Gasteiger partial charge < -0.3 is 15.4 Å². The van der Waals surface area contributed by atoms with E-state index >= 15 is 0 Å². The van der Waals surface area contributed by atoms with E-state index in [1.807, 2.05) is 31.7 Å². The van der Waals surface area contributed by atoms with Crippen LogP contribution < -0.4 is 5.73 Å². The summed E-state index contributed by atoms with van der Waals surface area (Å²) in [5, 5.41) is 0. The molecule has 1 aliphatic rings. The molecule has 1 amide bonds. The SMILES string of the molecule is CC(C)(C)[C@H](N)C(=O)N1CCC(OCCc2ccccc2)CC1.Cl. The highest BCUT2D eigenvalue weighted by molar-refractivity contribution is 5.85. The van der Waals surface area contributed by atoms with Gasteiger partial charge in [0.1, 0.15) is 0 Å². The fraction of sp³-hybridized carbons (Fsp3) is 0.632. The number of benzene rings is 1. The molecule has 1 heterocycles. The van der Waals surface area contributed by atoms with Crippen molar-refractivity contribution in [2.24, 2.45) is 11.1 Å². The third kappa shape index (κ3) is 6.08. The Bertz CT molecular complexity index is 494. The van der Waals surface area contributed by atoms with Gasteiger partial charge in [0.2, 0.25) is 5.91 Å². The van der Waals surface area contributed by atoms with Gasteiger partial charge in [-0.3, -0.25) is 4.79 Å². The second-order valence-corrected chi connectivity index (χ2v) is 7.47. The molecule has 0 unspecified atom stereocenters. The van der Waals surface area contributed by atoms with Gasteiger partial charge >= 0.3 is 0 Å². The van der Waals surface area contributed by atoms with E-state index in [9.17, 15) is 4.79 Å². The summed E-state index contributed by atoms with van der Waals surface area (Å²) in [5.74, 6) is 0.0697. The molecule has 2 N–H and O–H groups in total. The normalized spacial score (nSPS) is 17.2. The lowest BCUT2D eigenvalue weighted by atomic mass is 9.86. The Morgan fingerprint density at radius 1 is 1.25 bits per heavy atom. The Morgan fingerprint density at radius 3 is 2.38 bits per heavy atom. The molecule has 1 aromatic carbocycles. The summed E-state index contributed by atoms with van der Waals surface area (Å²) in [6.07, 6.45) is 3.00.